The number of carbonyl (C=O) groups is 1. The molecule has 0 aliphatic rings. The highest BCUT2D eigenvalue weighted by Crippen LogP contribution is 2.13. The van der Waals surface area contributed by atoms with Gasteiger partial charge in [0.2, 0.25) is 10.0 Å². The molecule has 0 saturated heterocycles. The predicted octanol–water partition coefficient (Wildman–Crippen LogP) is 0.0365. The second-order valence-electron chi connectivity index (χ2n) is 3.95. The van der Waals surface area contributed by atoms with Gasteiger partial charge in [0.25, 0.3) is 0 Å². The Morgan fingerprint density at radius 2 is 2.22 bits per heavy atom. The van der Waals surface area contributed by atoms with Crippen LogP contribution in [0.25, 0.3) is 0 Å². The minimum absolute atomic E-state index is 0.0784. The number of hydrogen-bond acceptors (Lipinski definition) is 4. The Balaban J connectivity index is 2.99. The van der Waals surface area contributed by atoms with Crippen molar-refractivity contribution < 1.29 is 23.1 Å². The summed E-state index contributed by atoms with van der Waals surface area (Å²) in [6, 6.07) is 0.720. The third kappa shape index (κ3) is 3.31. The van der Waals surface area contributed by atoms with Gasteiger partial charge in [0.1, 0.15) is 10.6 Å². The summed E-state index contributed by atoms with van der Waals surface area (Å²) in [7, 11) is -0.790. The quantitative estimate of drug-likeness (QED) is 0.764. The number of aromatic carboxylic acids is 1. The zero-order valence-corrected chi connectivity index (χ0v) is 11.2. The number of rotatable bonds is 6. The number of methoxy groups -OCH3 is 1. The van der Waals surface area contributed by atoms with Gasteiger partial charge >= 0.3 is 5.97 Å². The van der Waals surface area contributed by atoms with Crippen molar-refractivity contribution in [1.29, 1.82) is 0 Å². The first-order valence-corrected chi connectivity index (χ1v) is 6.67. The van der Waals surface area contributed by atoms with Crippen molar-refractivity contribution in [2.75, 3.05) is 13.7 Å². The van der Waals surface area contributed by atoms with Crippen LogP contribution in [0.15, 0.2) is 17.2 Å². The van der Waals surface area contributed by atoms with Crippen LogP contribution >= 0.6 is 0 Å². The Bertz CT molecular complexity index is 534. The lowest BCUT2D eigenvalue weighted by Gasteiger charge is -2.11. The second kappa shape index (κ2) is 5.51. The maximum Gasteiger partial charge on any atom is 0.352 e. The van der Waals surface area contributed by atoms with E-state index in [0.29, 0.717) is 0 Å². The first-order chi connectivity index (χ1) is 8.27. The first-order valence-electron chi connectivity index (χ1n) is 5.19. The standard InChI is InChI=1S/C10H16N2O5S/c1-7(6-17-3)11-18(15,16)8-4-9(10(13)14)12(2)5-8/h4-5,7,11H,6H2,1-3H3,(H,13,14). The minimum atomic E-state index is -3.73. The molecule has 0 aromatic carbocycles. The van der Waals surface area contributed by atoms with E-state index in [4.69, 9.17) is 9.84 Å². The third-order valence-corrected chi connectivity index (χ3v) is 3.84. The molecule has 1 aromatic rings. The van der Waals surface area contributed by atoms with Gasteiger partial charge < -0.3 is 14.4 Å². The second-order valence-corrected chi connectivity index (χ2v) is 5.67. The molecule has 0 amide bonds. The number of carboxylic acid groups (broad SMARTS) is 1. The molecule has 0 bridgehead atoms. The summed E-state index contributed by atoms with van der Waals surface area (Å²) in [5, 5.41) is 8.85. The number of sulfonamides is 1. The fraction of sp³-hybridized carbons (Fsp3) is 0.500. The normalized spacial score (nSPS) is 13.5. The SMILES string of the molecule is COCC(C)NS(=O)(=O)c1cc(C(=O)O)n(C)c1. The number of hydrogen-bond donors (Lipinski definition) is 2. The van der Waals surface area contributed by atoms with Gasteiger partial charge in [-0.25, -0.2) is 17.9 Å². The predicted molar refractivity (Wildman–Crippen MR) is 64.0 cm³/mol. The molecule has 0 aliphatic heterocycles. The van der Waals surface area contributed by atoms with Crippen molar-refractivity contribution in [3.05, 3.63) is 18.0 Å². The molecule has 0 aliphatic carbocycles. The van der Waals surface area contributed by atoms with Gasteiger partial charge in [-0.15, -0.1) is 0 Å². The Hall–Kier alpha value is -1.38. The van der Waals surface area contributed by atoms with Gasteiger partial charge in [0.15, 0.2) is 0 Å². The first kappa shape index (κ1) is 14.7. The highest BCUT2D eigenvalue weighted by Gasteiger charge is 2.21. The summed E-state index contributed by atoms with van der Waals surface area (Å²) in [4.78, 5) is 10.8. The Morgan fingerprint density at radius 1 is 1.61 bits per heavy atom. The average molecular weight is 276 g/mol. The van der Waals surface area contributed by atoms with Crippen LogP contribution in [0, 0.1) is 0 Å². The number of carboxylic acids is 1. The van der Waals surface area contributed by atoms with Gasteiger partial charge in [-0.1, -0.05) is 0 Å². The van der Waals surface area contributed by atoms with Crippen molar-refractivity contribution >= 4 is 16.0 Å². The van der Waals surface area contributed by atoms with Crippen molar-refractivity contribution in [3.63, 3.8) is 0 Å². The van der Waals surface area contributed by atoms with Crippen molar-refractivity contribution in [3.8, 4) is 0 Å². The van der Waals surface area contributed by atoms with Crippen molar-refractivity contribution in [2.24, 2.45) is 7.05 Å². The van der Waals surface area contributed by atoms with Crippen molar-refractivity contribution in [1.82, 2.24) is 9.29 Å². The molecule has 0 saturated carbocycles. The fourth-order valence-electron chi connectivity index (χ4n) is 1.51. The highest BCUT2D eigenvalue weighted by molar-refractivity contribution is 7.89. The smallest absolute Gasteiger partial charge is 0.352 e. The summed E-state index contributed by atoms with van der Waals surface area (Å²) in [6.45, 7) is 1.89. The number of nitrogens with one attached hydrogen (secondary N) is 1. The average Bonchev–Trinajstić information content (AvgIpc) is 2.60. The number of aromatic nitrogens is 1. The van der Waals surface area contributed by atoms with Crippen LogP contribution in [0.3, 0.4) is 0 Å². The molecule has 0 fully saturated rings. The zero-order chi connectivity index (χ0) is 13.9. The van der Waals surface area contributed by atoms with E-state index in [1.807, 2.05) is 0 Å². The van der Waals surface area contributed by atoms with Crippen molar-refractivity contribution in [2.45, 2.75) is 17.9 Å². The lowest BCUT2D eigenvalue weighted by molar-refractivity contribution is 0.0686. The van der Waals surface area contributed by atoms with E-state index in [-0.39, 0.29) is 17.2 Å². The monoisotopic (exact) mass is 276 g/mol. The molecule has 1 heterocycles. The lowest BCUT2D eigenvalue weighted by atomic mass is 10.4. The Morgan fingerprint density at radius 3 is 2.67 bits per heavy atom. The summed E-state index contributed by atoms with van der Waals surface area (Å²) in [5.41, 5.74) is -0.0882. The van der Waals surface area contributed by atoms with Gasteiger partial charge in [0.05, 0.1) is 6.61 Å². The molecule has 8 heteroatoms. The van der Waals surface area contributed by atoms with E-state index < -0.39 is 22.0 Å². The van der Waals surface area contributed by atoms with Crippen LogP contribution in [0.4, 0.5) is 0 Å². The highest BCUT2D eigenvalue weighted by atomic mass is 32.2. The van der Waals surface area contributed by atoms with E-state index in [1.165, 1.54) is 24.9 Å². The largest absolute Gasteiger partial charge is 0.477 e. The molecule has 18 heavy (non-hydrogen) atoms. The number of ether oxygens (including phenoxy) is 1. The molecule has 1 atom stereocenters. The molecular weight excluding hydrogens is 260 g/mol. The zero-order valence-electron chi connectivity index (χ0n) is 10.4. The molecule has 0 radical (unpaired) electrons. The van der Waals surface area contributed by atoms with Crippen LogP contribution in [0.5, 0.6) is 0 Å². The molecule has 7 nitrogen and oxygen atoms in total. The summed E-state index contributed by atoms with van der Waals surface area (Å²) >= 11 is 0. The molecule has 1 rings (SSSR count). The fourth-order valence-corrected chi connectivity index (χ4v) is 2.81. The van der Waals surface area contributed by atoms with E-state index in [0.717, 1.165) is 6.07 Å². The van der Waals surface area contributed by atoms with Gasteiger partial charge in [-0.2, -0.15) is 0 Å². The van der Waals surface area contributed by atoms with Crippen LogP contribution in [-0.4, -0.2) is 43.8 Å². The van der Waals surface area contributed by atoms with Crippen LogP contribution in [0.1, 0.15) is 17.4 Å². The number of nitrogens with zero attached hydrogens (tertiary/aromatic N) is 1. The van der Waals surface area contributed by atoms with Gasteiger partial charge in [0, 0.05) is 26.4 Å². The minimum Gasteiger partial charge on any atom is -0.477 e. The molecule has 102 valence electrons. The van der Waals surface area contributed by atoms with E-state index in [1.54, 1.807) is 6.92 Å². The topological polar surface area (TPSA) is 97.6 Å². The van der Waals surface area contributed by atoms with E-state index in [2.05, 4.69) is 4.72 Å². The van der Waals surface area contributed by atoms with Crippen LogP contribution < -0.4 is 4.72 Å². The third-order valence-electron chi connectivity index (χ3n) is 2.28. The maximum atomic E-state index is 11.9. The molecular formula is C10H16N2O5S. The number of aryl methyl sites for hydroxylation is 1. The van der Waals surface area contributed by atoms with Crippen LogP contribution in [-0.2, 0) is 21.8 Å². The Labute approximate surface area is 105 Å². The van der Waals surface area contributed by atoms with Gasteiger partial charge in [-0.05, 0) is 13.0 Å². The van der Waals surface area contributed by atoms with E-state index in [9.17, 15) is 13.2 Å². The molecule has 1 aromatic heterocycles. The van der Waals surface area contributed by atoms with Gasteiger partial charge in [-0.3, -0.25) is 0 Å². The molecule has 1 unspecified atom stereocenters. The molecule has 2 N–H and O–H groups in total. The Kier molecular flexibility index (Phi) is 4.49. The summed E-state index contributed by atoms with van der Waals surface area (Å²) < 4.78 is 32.3. The van der Waals surface area contributed by atoms with E-state index >= 15 is 0 Å². The molecule has 0 spiro atoms. The summed E-state index contributed by atoms with van der Waals surface area (Å²) in [5.74, 6) is -1.18. The maximum absolute atomic E-state index is 11.9. The summed E-state index contributed by atoms with van der Waals surface area (Å²) in [6.07, 6.45) is 1.26. The lowest BCUT2D eigenvalue weighted by Crippen LogP contribution is -2.35. The van der Waals surface area contributed by atoms with Crippen LogP contribution in [0.2, 0.25) is 0 Å².